The summed E-state index contributed by atoms with van der Waals surface area (Å²) in [4.78, 5) is 10.8. The molecule has 2 aromatic rings. The highest BCUT2D eigenvalue weighted by atomic mass is 32.2. The standard InChI is InChI=1S/C13H14O5S2/c1-20(16,17)5-4-19-8-9-2-3-11-10(6-9)7-12(18-11)13(14)15/h2-3,6-7H,4-5,8H2,1H3,(H,14,15). The summed E-state index contributed by atoms with van der Waals surface area (Å²) in [6.45, 7) is 0. The fourth-order valence-electron chi connectivity index (χ4n) is 1.69. The van der Waals surface area contributed by atoms with E-state index in [-0.39, 0.29) is 11.5 Å². The lowest BCUT2D eigenvalue weighted by molar-refractivity contribution is 0.0665. The second kappa shape index (κ2) is 5.88. The number of thioether (sulfide) groups is 1. The Kier molecular flexibility index (Phi) is 4.39. The van der Waals surface area contributed by atoms with Crippen LogP contribution < -0.4 is 0 Å². The summed E-state index contributed by atoms with van der Waals surface area (Å²) in [5.41, 5.74) is 1.54. The highest BCUT2D eigenvalue weighted by molar-refractivity contribution is 7.99. The summed E-state index contributed by atoms with van der Waals surface area (Å²) in [5.74, 6) is 0.211. The quantitative estimate of drug-likeness (QED) is 0.824. The number of furan rings is 1. The zero-order valence-electron chi connectivity index (χ0n) is 10.8. The molecule has 0 unspecified atom stereocenters. The van der Waals surface area contributed by atoms with Crippen LogP contribution >= 0.6 is 11.8 Å². The van der Waals surface area contributed by atoms with E-state index in [0.717, 1.165) is 10.9 Å². The van der Waals surface area contributed by atoms with E-state index in [0.29, 0.717) is 17.1 Å². The van der Waals surface area contributed by atoms with Crippen molar-refractivity contribution in [3.05, 3.63) is 35.6 Å². The third kappa shape index (κ3) is 4.01. The Morgan fingerprint density at radius 3 is 2.75 bits per heavy atom. The van der Waals surface area contributed by atoms with Crippen LogP contribution in [-0.2, 0) is 15.6 Å². The average molecular weight is 314 g/mol. The first-order chi connectivity index (χ1) is 9.35. The van der Waals surface area contributed by atoms with E-state index in [1.807, 2.05) is 12.1 Å². The van der Waals surface area contributed by atoms with Gasteiger partial charge in [-0.15, -0.1) is 0 Å². The van der Waals surface area contributed by atoms with E-state index < -0.39 is 15.8 Å². The zero-order valence-corrected chi connectivity index (χ0v) is 12.5. The van der Waals surface area contributed by atoms with E-state index in [4.69, 9.17) is 9.52 Å². The molecular formula is C13H14O5S2. The van der Waals surface area contributed by atoms with Gasteiger partial charge in [-0.2, -0.15) is 11.8 Å². The number of carboxylic acids is 1. The van der Waals surface area contributed by atoms with Gasteiger partial charge in [0.1, 0.15) is 15.4 Å². The molecule has 1 aromatic heterocycles. The number of rotatable bonds is 6. The molecule has 0 amide bonds. The molecule has 108 valence electrons. The molecule has 20 heavy (non-hydrogen) atoms. The topological polar surface area (TPSA) is 84.6 Å². The van der Waals surface area contributed by atoms with Gasteiger partial charge >= 0.3 is 5.97 Å². The van der Waals surface area contributed by atoms with Crippen LogP contribution in [0.3, 0.4) is 0 Å². The number of sulfone groups is 1. The van der Waals surface area contributed by atoms with Crippen LogP contribution in [0.4, 0.5) is 0 Å². The normalized spacial score (nSPS) is 11.8. The van der Waals surface area contributed by atoms with Crippen molar-refractivity contribution in [1.82, 2.24) is 0 Å². The number of fused-ring (bicyclic) bond motifs is 1. The van der Waals surface area contributed by atoms with Crippen molar-refractivity contribution in [2.75, 3.05) is 17.8 Å². The molecule has 5 nitrogen and oxygen atoms in total. The van der Waals surface area contributed by atoms with Gasteiger partial charge in [0.2, 0.25) is 5.76 Å². The maximum atomic E-state index is 11.0. The lowest BCUT2D eigenvalue weighted by Gasteiger charge is -2.01. The van der Waals surface area contributed by atoms with Crippen LogP contribution in [0.25, 0.3) is 11.0 Å². The Morgan fingerprint density at radius 2 is 2.10 bits per heavy atom. The molecule has 1 aromatic carbocycles. The summed E-state index contributed by atoms with van der Waals surface area (Å²) in [6.07, 6.45) is 1.22. The molecule has 0 aliphatic rings. The minimum Gasteiger partial charge on any atom is -0.475 e. The summed E-state index contributed by atoms with van der Waals surface area (Å²) in [6, 6.07) is 6.93. The molecule has 0 bridgehead atoms. The monoisotopic (exact) mass is 314 g/mol. The molecule has 0 spiro atoms. The van der Waals surface area contributed by atoms with Crippen LogP contribution in [0, 0.1) is 0 Å². The lowest BCUT2D eigenvalue weighted by Crippen LogP contribution is -2.05. The van der Waals surface area contributed by atoms with Crippen molar-refractivity contribution in [2.45, 2.75) is 5.75 Å². The Morgan fingerprint density at radius 1 is 1.35 bits per heavy atom. The van der Waals surface area contributed by atoms with Crippen LogP contribution in [0.5, 0.6) is 0 Å². The number of benzene rings is 1. The second-order valence-electron chi connectivity index (χ2n) is 4.47. The van der Waals surface area contributed by atoms with Gasteiger partial charge in [0.05, 0.1) is 5.75 Å². The molecule has 7 heteroatoms. The van der Waals surface area contributed by atoms with Crippen molar-refractivity contribution >= 4 is 38.5 Å². The van der Waals surface area contributed by atoms with E-state index in [1.54, 1.807) is 6.07 Å². The number of hydrogen-bond donors (Lipinski definition) is 1. The third-order valence-electron chi connectivity index (χ3n) is 2.66. The largest absolute Gasteiger partial charge is 0.475 e. The molecule has 0 aliphatic heterocycles. The molecule has 2 rings (SSSR count). The molecule has 0 fully saturated rings. The van der Waals surface area contributed by atoms with Gasteiger partial charge in [-0.1, -0.05) is 6.07 Å². The molecule has 0 aliphatic carbocycles. The van der Waals surface area contributed by atoms with Crippen LogP contribution in [0.1, 0.15) is 16.1 Å². The molecule has 0 atom stereocenters. The first kappa shape index (κ1) is 14.9. The van der Waals surface area contributed by atoms with E-state index in [2.05, 4.69) is 0 Å². The molecule has 1 heterocycles. The average Bonchev–Trinajstić information content (AvgIpc) is 2.76. The van der Waals surface area contributed by atoms with Crippen LogP contribution in [0.15, 0.2) is 28.7 Å². The number of hydrogen-bond acceptors (Lipinski definition) is 5. The molecule has 0 saturated carbocycles. The number of carbonyl (C=O) groups is 1. The van der Waals surface area contributed by atoms with Gasteiger partial charge in [0, 0.05) is 23.1 Å². The van der Waals surface area contributed by atoms with Crippen LogP contribution in [-0.4, -0.2) is 37.3 Å². The minimum absolute atomic E-state index is 0.0816. The maximum absolute atomic E-state index is 11.0. The van der Waals surface area contributed by atoms with Crippen molar-refractivity contribution in [2.24, 2.45) is 0 Å². The van der Waals surface area contributed by atoms with Gasteiger partial charge in [-0.3, -0.25) is 0 Å². The third-order valence-corrected chi connectivity index (χ3v) is 4.89. The number of aromatic carboxylic acids is 1. The Bertz CT molecular complexity index is 730. The van der Waals surface area contributed by atoms with Crippen molar-refractivity contribution in [3.63, 3.8) is 0 Å². The fourth-order valence-corrected chi connectivity index (χ4v) is 3.93. The lowest BCUT2D eigenvalue weighted by atomic mass is 10.2. The highest BCUT2D eigenvalue weighted by Gasteiger charge is 2.10. The van der Waals surface area contributed by atoms with E-state index in [1.165, 1.54) is 24.1 Å². The smallest absolute Gasteiger partial charge is 0.371 e. The van der Waals surface area contributed by atoms with Gasteiger partial charge in [0.15, 0.2) is 0 Å². The Hall–Kier alpha value is -1.47. The summed E-state index contributed by atoms with van der Waals surface area (Å²) < 4.78 is 27.2. The van der Waals surface area contributed by atoms with Crippen LogP contribution in [0.2, 0.25) is 0 Å². The highest BCUT2D eigenvalue weighted by Crippen LogP contribution is 2.23. The van der Waals surface area contributed by atoms with Crippen molar-refractivity contribution in [3.8, 4) is 0 Å². The van der Waals surface area contributed by atoms with E-state index in [9.17, 15) is 13.2 Å². The predicted molar refractivity (Wildman–Crippen MR) is 79.0 cm³/mol. The Labute approximate surface area is 120 Å². The number of carboxylic acid groups (broad SMARTS) is 1. The van der Waals surface area contributed by atoms with Gasteiger partial charge in [0.25, 0.3) is 0 Å². The summed E-state index contributed by atoms with van der Waals surface area (Å²) in [7, 11) is -2.92. The molecular weight excluding hydrogens is 300 g/mol. The minimum atomic E-state index is -2.92. The van der Waals surface area contributed by atoms with Gasteiger partial charge in [-0.05, 0) is 23.8 Å². The van der Waals surface area contributed by atoms with E-state index >= 15 is 0 Å². The predicted octanol–water partition coefficient (Wildman–Crippen LogP) is 2.41. The van der Waals surface area contributed by atoms with Gasteiger partial charge < -0.3 is 9.52 Å². The molecule has 0 saturated heterocycles. The van der Waals surface area contributed by atoms with Gasteiger partial charge in [-0.25, -0.2) is 13.2 Å². The molecule has 1 N–H and O–H groups in total. The zero-order chi connectivity index (χ0) is 14.8. The first-order valence-electron chi connectivity index (χ1n) is 5.86. The van der Waals surface area contributed by atoms with Crippen molar-refractivity contribution in [1.29, 1.82) is 0 Å². The first-order valence-corrected chi connectivity index (χ1v) is 9.08. The summed E-state index contributed by atoms with van der Waals surface area (Å²) >= 11 is 1.53. The summed E-state index contributed by atoms with van der Waals surface area (Å²) in [5, 5.41) is 9.59. The second-order valence-corrected chi connectivity index (χ2v) is 7.84. The molecule has 0 radical (unpaired) electrons. The Balaban J connectivity index is 2.02. The maximum Gasteiger partial charge on any atom is 0.371 e. The fraction of sp³-hybridized carbons (Fsp3) is 0.308. The van der Waals surface area contributed by atoms with Crippen molar-refractivity contribution < 1.29 is 22.7 Å². The SMILES string of the molecule is CS(=O)(=O)CCSCc1ccc2oc(C(=O)O)cc2c1.